The highest BCUT2D eigenvalue weighted by Crippen LogP contribution is 2.37. The van der Waals surface area contributed by atoms with Gasteiger partial charge < -0.3 is 154 Å². The molecule has 0 amide bonds. The molecule has 0 radical (unpaired) electrons. The minimum absolute atomic E-state index is 0.956. The predicted octanol–water partition coefficient (Wildman–Crippen LogP) is -12.9. The number of ether oxygens (including phenoxy) is 12. The second-order valence-corrected chi connectivity index (χ2v) is 17.2. The second kappa shape index (κ2) is 23.6. The lowest BCUT2D eigenvalue weighted by molar-refractivity contribution is -0.386. The molecular weight excluding hydrogens is 1040 g/mol. The fourth-order valence-electron chi connectivity index (χ4n) is 8.59. The fraction of sp³-hybridized carbons (Fsp3) is 0.838. The first kappa shape index (κ1) is 59.1. The molecule has 0 bridgehead atoms. The van der Waals surface area contributed by atoms with Crippen molar-refractivity contribution in [2.45, 2.75) is 184 Å². The maximum Gasteiger partial charge on any atom is 0.335 e. The predicted molar refractivity (Wildman–Crippen MR) is 207 cm³/mol. The first-order valence-corrected chi connectivity index (χ1v) is 21.5. The monoisotopic (exact) mass is 1090 g/mol. The van der Waals surface area contributed by atoms with Crippen LogP contribution in [0.1, 0.15) is 0 Å². The quantitative estimate of drug-likeness (QED) is 0.0643. The topological polar surface area (TPSA) is 598 Å². The minimum atomic E-state index is -2.64. The first-order chi connectivity index (χ1) is 34.5. The Labute approximate surface area is 409 Å². The van der Waals surface area contributed by atoms with Gasteiger partial charge in [-0.2, -0.15) is 0 Å². The van der Waals surface area contributed by atoms with E-state index >= 15 is 0 Å². The van der Waals surface area contributed by atoms with Gasteiger partial charge in [-0.15, -0.1) is 0 Å². The molecule has 0 spiro atoms. The van der Waals surface area contributed by atoms with Crippen LogP contribution < -0.4 is 0 Å². The van der Waals surface area contributed by atoms with Crippen LogP contribution in [0.15, 0.2) is 0 Å². The Morgan fingerprint density at radius 3 is 0.649 bits per heavy atom. The molecule has 0 aliphatic carbocycles. The number of aliphatic hydroxyl groups excluding tert-OH is 13. The molecule has 37 nitrogen and oxygen atoms in total. The van der Waals surface area contributed by atoms with E-state index in [-0.39, 0.29) is 0 Å². The van der Waals surface area contributed by atoms with E-state index in [1.165, 1.54) is 0 Å². The van der Waals surface area contributed by atoms with Crippen LogP contribution in [0.4, 0.5) is 0 Å². The van der Waals surface area contributed by atoms with Gasteiger partial charge in [0.2, 0.25) is 0 Å². The largest absolute Gasteiger partial charge is 0.479 e. The number of aliphatic carboxylic acids is 6. The number of methoxy groups -OCH3 is 1. The van der Waals surface area contributed by atoms with E-state index in [2.05, 4.69) is 4.74 Å². The molecule has 74 heavy (non-hydrogen) atoms. The summed E-state index contributed by atoms with van der Waals surface area (Å²) in [5.41, 5.74) is 0. The van der Waals surface area contributed by atoms with Crippen LogP contribution in [0.25, 0.3) is 0 Å². The molecule has 6 fully saturated rings. The van der Waals surface area contributed by atoms with Crippen molar-refractivity contribution in [2.24, 2.45) is 0 Å². The van der Waals surface area contributed by atoms with Crippen molar-refractivity contribution >= 4 is 35.8 Å². The average molecular weight is 1090 g/mol. The molecule has 422 valence electrons. The minimum Gasteiger partial charge on any atom is -0.479 e. The van der Waals surface area contributed by atoms with Gasteiger partial charge in [-0.25, -0.2) is 28.8 Å². The molecule has 0 saturated carbocycles. The standard InChI is InChI=1S/C37H52O37/c1-63-14-3(39)9(45)33(70-20(14)26(50)51)66-16-5(41)11(47)35(72-22(16)28(54)55)68-18-7(43)13(49)37(74-24(18)30(58)59)69-19-6(42)12(48)36(73-25(19)31(60)61)67-17-4(40)10(46)34(71-23(17)29(56)57)65-15-2(38)8(44)32(62)64-21(15)27(52)53/h2-25,32-49,62H,1H3,(H,50,51)(H,52,53)(H,54,55)(H,56,57)(H,58,59)(H,60,61)/t2?,3?,4?,5?,6?,7-,8?,9?,10?,11?,12?,13?,14?,15+,16+,17?,18-,19+,20?,21+,22?,23?,24?,25+,32+,33?,34?,35+,36+,37-/m1/s1. The van der Waals surface area contributed by atoms with Crippen molar-refractivity contribution in [3.05, 3.63) is 0 Å². The molecule has 19 unspecified atom stereocenters. The van der Waals surface area contributed by atoms with E-state index in [9.17, 15) is 126 Å². The molecule has 6 saturated heterocycles. The molecule has 0 aromatic heterocycles. The maximum atomic E-state index is 12.5. The number of hydrogen-bond donors (Lipinski definition) is 19. The Morgan fingerprint density at radius 2 is 0.446 bits per heavy atom. The lowest BCUT2D eigenvalue weighted by atomic mass is 9.95. The van der Waals surface area contributed by atoms with E-state index in [0.29, 0.717) is 0 Å². The van der Waals surface area contributed by atoms with Crippen LogP contribution >= 0.6 is 0 Å². The summed E-state index contributed by atoms with van der Waals surface area (Å²) < 4.78 is 61.8. The molecule has 6 rings (SSSR count). The smallest absolute Gasteiger partial charge is 0.335 e. The number of rotatable bonds is 17. The summed E-state index contributed by atoms with van der Waals surface area (Å²) in [6.07, 6.45) is -72.2. The van der Waals surface area contributed by atoms with Crippen LogP contribution in [0.2, 0.25) is 0 Å². The van der Waals surface area contributed by atoms with Crippen LogP contribution in [-0.2, 0) is 85.6 Å². The molecule has 0 aromatic rings. The Bertz CT molecular complexity index is 2010. The number of aliphatic hydroxyl groups is 13. The lowest BCUT2D eigenvalue weighted by Crippen LogP contribution is -2.69. The fourth-order valence-corrected chi connectivity index (χ4v) is 8.59. The number of carboxylic acids is 6. The van der Waals surface area contributed by atoms with Gasteiger partial charge in [0.15, 0.2) is 74.4 Å². The molecule has 6 aliphatic heterocycles. The summed E-state index contributed by atoms with van der Waals surface area (Å²) in [4.78, 5) is 73.2. The highest BCUT2D eigenvalue weighted by Gasteiger charge is 2.61. The van der Waals surface area contributed by atoms with Crippen molar-refractivity contribution in [3.63, 3.8) is 0 Å². The van der Waals surface area contributed by atoms with Gasteiger partial charge >= 0.3 is 35.8 Å². The third kappa shape index (κ3) is 11.6. The summed E-state index contributed by atoms with van der Waals surface area (Å²) in [5, 5.41) is 198. The van der Waals surface area contributed by atoms with Gasteiger partial charge in [-0.05, 0) is 0 Å². The number of carboxylic acid groups (broad SMARTS) is 6. The zero-order valence-electron chi connectivity index (χ0n) is 37.2. The third-order valence-electron chi connectivity index (χ3n) is 12.5. The molecule has 6 aliphatic rings. The van der Waals surface area contributed by atoms with Crippen molar-refractivity contribution < 1.29 is 183 Å². The van der Waals surface area contributed by atoms with Crippen LogP contribution in [0, 0.1) is 0 Å². The number of carbonyl (C=O) groups is 6. The van der Waals surface area contributed by atoms with E-state index in [0.717, 1.165) is 7.11 Å². The molecule has 19 N–H and O–H groups in total. The average Bonchev–Trinajstić information content (AvgIpc) is 3.33. The van der Waals surface area contributed by atoms with Gasteiger partial charge in [-0.1, -0.05) is 0 Å². The Hall–Kier alpha value is -4.18. The normalized spacial score (nSPS) is 49.1. The first-order valence-electron chi connectivity index (χ1n) is 21.5. The Balaban J connectivity index is 1.13. The SMILES string of the molecule is COC1C(C(=O)O)OC(O[C@@H]2C(C(=O)O)O[C@H](O[C@H]3C(C(=O)O)O[C@@H](O[C@H]4C(O)C(O)[C@@H](OC5C(C(=O)O)OC(O[C@H]6C(O)C(O)[C@@H](O)O[C@@H]6C(=O)O)C(O)C5O)O[C@@H]4C(=O)O)C(O)[C@H]3O)C(O)C2O)C(O)C1O. The van der Waals surface area contributed by atoms with E-state index < -0.39 is 220 Å². The van der Waals surface area contributed by atoms with Gasteiger partial charge in [-0.3, -0.25) is 0 Å². The van der Waals surface area contributed by atoms with Crippen molar-refractivity contribution in [1.82, 2.24) is 0 Å². The van der Waals surface area contributed by atoms with E-state index in [4.69, 9.17) is 52.1 Å². The summed E-state index contributed by atoms with van der Waals surface area (Å²) >= 11 is 0. The van der Waals surface area contributed by atoms with Gasteiger partial charge in [0.1, 0.15) is 110 Å². The van der Waals surface area contributed by atoms with Crippen molar-refractivity contribution in [3.8, 4) is 0 Å². The van der Waals surface area contributed by atoms with Crippen LogP contribution in [0.3, 0.4) is 0 Å². The summed E-state index contributed by atoms with van der Waals surface area (Å²) in [7, 11) is 0.956. The van der Waals surface area contributed by atoms with Crippen molar-refractivity contribution in [1.29, 1.82) is 0 Å². The molecule has 30 atom stereocenters. The van der Waals surface area contributed by atoms with Crippen LogP contribution in [-0.4, -0.2) is 324 Å². The molecule has 0 aromatic carbocycles. The van der Waals surface area contributed by atoms with Gasteiger partial charge in [0.25, 0.3) is 0 Å². The Morgan fingerprint density at radius 1 is 0.270 bits per heavy atom. The summed E-state index contributed by atoms with van der Waals surface area (Å²) in [6, 6.07) is 0. The second-order valence-electron chi connectivity index (χ2n) is 17.2. The molecule has 6 heterocycles. The Kier molecular flexibility index (Phi) is 18.8. The molecular formula is C37H52O37. The highest BCUT2D eigenvalue weighted by atomic mass is 16.8. The van der Waals surface area contributed by atoms with E-state index in [1.54, 1.807) is 0 Å². The summed E-state index contributed by atoms with van der Waals surface area (Å²) in [5.74, 6) is -12.0. The molecule has 37 heteroatoms. The highest BCUT2D eigenvalue weighted by molar-refractivity contribution is 5.76. The van der Waals surface area contributed by atoms with Gasteiger partial charge in [0.05, 0.1) is 0 Å². The van der Waals surface area contributed by atoms with E-state index in [1.807, 2.05) is 0 Å². The lowest BCUT2D eigenvalue weighted by Gasteiger charge is -2.48. The maximum absolute atomic E-state index is 12.5. The third-order valence-corrected chi connectivity index (χ3v) is 12.5. The summed E-state index contributed by atoms with van der Waals surface area (Å²) in [6.45, 7) is 0. The zero-order chi connectivity index (χ0) is 55.3. The van der Waals surface area contributed by atoms with Crippen LogP contribution in [0.5, 0.6) is 0 Å². The van der Waals surface area contributed by atoms with Gasteiger partial charge in [0, 0.05) is 7.11 Å². The van der Waals surface area contributed by atoms with Crippen molar-refractivity contribution in [2.75, 3.05) is 7.11 Å². The zero-order valence-corrected chi connectivity index (χ0v) is 37.2. The number of hydrogen-bond acceptors (Lipinski definition) is 31.